The molecule has 0 bridgehead atoms. The zero-order chi connectivity index (χ0) is 16.2. The molecule has 0 saturated heterocycles. The van der Waals surface area contributed by atoms with Crippen molar-refractivity contribution in [3.63, 3.8) is 0 Å². The van der Waals surface area contributed by atoms with Crippen LogP contribution < -0.4 is 10.2 Å². The average Bonchev–Trinajstić information content (AvgIpc) is 3.17. The van der Waals surface area contributed by atoms with E-state index in [1.165, 1.54) is 0 Å². The summed E-state index contributed by atoms with van der Waals surface area (Å²) in [5, 5.41) is 11.5. The normalized spacial score (nSPS) is 10.7. The first-order chi connectivity index (χ1) is 11.1. The van der Waals surface area contributed by atoms with E-state index in [2.05, 4.69) is 15.5 Å². The zero-order valence-electron chi connectivity index (χ0n) is 12.6. The van der Waals surface area contributed by atoms with E-state index >= 15 is 0 Å². The standard InChI is InChI=1S/C16H16N4O2S/c1-11-10-23-16(22)20(11)8-6-15(21)18-13-4-2-3-12(9-13)14-5-7-17-19-14/h2-5,7,9-10H,6,8H2,1H3,(H,17,19)(H,18,21). The fraction of sp³-hybridized carbons (Fsp3) is 0.188. The van der Waals surface area contributed by atoms with Crippen molar-refractivity contribution in [3.05, 3.63) is 57.3 Å². The molecule has 3 aromatic rings. The fourth-order valence-electron chi connectivity index (χ4n) is 2.29. The van der Waals surface area contributed by atoms with Crippen molar-refractivity contribution >= 4 is 22.9 Å². The lowest BCUT2D eigenvalue weighted by molar-refractivity contribution is -0.116. The quantitative estimate of drug-likeness (QED) is 0.755. The van der Waals surface area contributed by atoms with Crippen molar-refractivity contribution in [3.8, 4) is 11.3 Å². The van der Waals surface area contributed by atoms with Crippen molar-refractivity contribution in [1.29, 1.82) is 0 Å². The van der Waals surface area contributed by atoms with Crippen molar-refractivity contribution < 1.29 is 4.79 Å². The number of hydrogen-bond acceptors (Lipinski definition) is 4. The monoisotopic (exact) mass is 328 g/mol. The first-order valence-electron chi connectivity index (χ1n) is 7.18. The molecule has 7 heteroatoms. The Kier molecular flexibility index (Phi) is 4.38. The Balaban J connectivity index is 1.64. The highest BCUT2D eigenvalue weighted by molar-refractivity contribution is 7.07. The predicted molar refractivity (Wildman–Crippen MR) is 90.6 cm³/mol. The van der Waals surface area contributed by atoms with Crippen LogP contribution >= 0.6 is 11.3 Å². The molecule has 0 saturated carbocycles. The van der Waals surface area contributed by atoms with Gasteiger partial charge in [0.1, 0.15) is 0 Å². The SMILES string of the molecule is Cc1csc(=O)n1CCC(=O)Nc1cccc(-c2ccn[nH]2)c1. The van der Waals surface area contributed by atoms with Crippen LogP contribution in [0.1, 0.15) is 12.1 Å². The topological polar surface area (TPSA) is 79.8 Å². The molecule has 118 valence electrons. The third-order valence-corrected chi connectivity index (χ3v) is 4.38. The number of nitrogens with one attached hydrogen (secondary N) is 2. The van der Waals surface area contributed by atoms with Crippen LogP contribution in [0.2, 0.25) is 0 Å². The summed E-state index contributed by atoms with van der Waals surface area (Å²) in [5.41, 5.74) is 3.44. The van der Waals surface area contributed by atoms with Gasteiger partial charge < -0.3 is 9.88 Å². The first kappa shape index (κ1) is 15.2. The molecule has 6 nitrogen and oxygen atoms in total. The number of benzene rings is 1. The number of aromatic nitrogens is 3. The van der Waals surface area contributed by atoms with Gasteiger partial charge in [0.2, 0.25) is 5.91 Å². The van der Waals surface area contributed by atoms with Crippen molar-refractivity contribution in [2.75, 3.05) is 5.32 Å². The van der Waals surface area contributed by atoms with Crippen LogP contribution in [-0.4, -0.2) is 20.7 Å². The number of aryl methyl sites for hydroxylation is 1. The minimum absolute atomic E-state index is 0.0310. The molecule has 0 aliphatic carbocycles. The van der Waals surface area contributed by atoms with Gasteiger partial charge in [-0.1, -0.05) is 23.5 Å². The fourth-order valence-corrected chi connectivity index (χ4v) is 3.05. The van der Waals surface area contributed by atoms with Gasteiger partial charge in [-0.3, -0.25) is 14.7 Å². The maximum absolute atomic E-state index is 12.1. The summed E-state index contributed by atoms with van der Waals surface area (Å²) >= 11 is 1.15. The Bertz CT molecular complexity index is 864. The molecule has 2 heterocycles. The second kappa shape index (κ2) is 6.62. The van der Waals surface area contributed by atoms with E-state index < -0.39 is 0 Å². The maximum Gasteiger partial charge on any atom is 0.307 e. The summed E-state index contributed by atoms with van der Waals surface area (Å²) in [6, 6.07) is 9.40. The Morgan fingerprint density at radius 1 is 1.39 bits per heavy atom. The van der Waals surface area contributed by atoms with Gasteiger partial charge in [0.25, 0.3) is 0 Å². The molecule has 0 unspecified atom stereocenters. The summed E-state index contributed by atoms with van der Waals surface area (Å²) < 4.78 is 1.62. The number of rotatable bonds is 5. The van der Waals surface area contributed by atoms with Gasteiger partial charge in [-0.25, -0.2) is 0 Å². The molecule has 3 rings (SSSR count). The van der Waals surface area contributed by atoms with E-state index in [1.54, 1.807) is 16.1 Å². The molecule has 1 aromatic carbocycles. The Hall–Kier alpha value is -2.67. The third kappa shape index (κ3) is 3.57. The lowest BCUT2D eigenvalue weighted by Crippen LogP contribution is -2.20. The van der Waals surface area contributed by atoms with Gasteiger partial charge in [-0.05, 0) is 25.1 Å². The Labute approximate surface area is 136 Å². The number of anilines is 1. The zero-order valence-corrected chi connectivity index (χ0v) is 13.4. The van der Waals surface area contributed by atoms with Gasteiger partial charge >= 0.3 is 4.87 Å². The number of amides is 1. The van der Waals surface area contributed by atoms with E-state index in [0.29, 0.717) is 6.54 Å². The van der Waals surface area contributed by atoms with Crippen LogP contribution in [0.5, 0.6) is 0 Å². The smallest absolute Gasteiger partial charge is 0.307 e. The van der Waals surface area contributed by atoms with Gasteiger partial charge in [0.15, 0.2) is 0 Å². The molecule has 0 aliphatic heterocycles. The third-order valence-electron chi connectivity index (χ3n) is 3.50. The average molecular weight is 328 g/mol. The molecule has 0 radical (unpaired) electrons. The van der Waals surface area contributed by atoms with E-state index in [0.717, 1.165) is 34.0 Å². The van der Waals surface area contributed by atoms with Crippen LogP contribution in [-0.2, 0) is 11.3 Å². The number of aromatic amines is 1. The summed E-state index contributed by atoms with van der Waals surface area (Å²) in [4.78, 5) is 23.7. The molecule has 23 heavy (non-hydrogen) atoms. The molecular formula is C16H16N4O2S. The van der Waals surface area contributed by atoms with Crippen LogP contribution in [0.25, 0.3) is 11.3 Å². The number of thiazole rings is 1. The van der Waals surface area contributed by atoms with Crippen LogP contribution in [0.4, 0.5) is 5.69 Å². The Morgan fingerprint density at radius 3 is 2.96 bits per heavy atom. The summed E-state index contributed by atoms with van der Waals surface area (Å²) in [6.07, 6.45) is 1.94. The second-order valence-corrected chi connectivity index (χ2v) is 5.96. The highest BCUT2D eigenvalue weighted by atomic mass is 32.1. The largest absolute Gasteiger partial charge is 0.326 e. The highest BCUT2D eigenvalue weighted by Gasteiger charge is 2.08. The summed E-state index contributed by atoms with van der Waals surface area (Å²) in [7, 11) is 0. The van der Waals surface area contributed by atoms with Crippen molar-refractivity contribution in [2.24, 2.45) is 0 Å². The maximum atomic E-state index is 12.1. The highest BCUT2D eigenvalue weighted by Crippen LogP contribution is 2.20. The number of hydrogen-bond donors (Lipinski definition) is 2. The molecule has 0 atom stereocenters. The molecule has 1 amide bonds. The Morgan fingerprint density at radius 2 is 2.26 bits per heavy atom. The van der Waals surface area contributed by atoms with E-state index in [1.807, 2.05) is 37.3 Å². The van der Waals surface area contributed by atoms with E-state index in [4.69, 9.17) is 0 Å². The van der Waals surface area contributed by atoms with E-state index in [9.17, 15) is 9.59 Å². The summed E-state index contributed by atoms with van der Waals surface area (Å²) in [5.74, 6) is -0.121. The first-order valence-corrected chi connectivity index (χ1v) is 8.06. The molecular weight excluding hydrogens is 312 g/mol. The predicted octanol–water partition coefficient (Wildman–Crippen LogP) is 2.64. The summed E-state index contributed by atoms with van der Waals surface area (Å²) in [6.45, 7) is 2.25. The number of carbonyl (C=O) groups is 1. The van der Waals surface area contributed by atoms with Gasteiger partial charge in [0, 0.05) is 41.5 Å². The molecule has 0 aliphatic rings. The van der Waals surface area contributed by atoms with Gasteiger partial charge in [-0.2, -0.15) is 5.10 Å². The van der Waals surface area contributed by atoms with Crippen molar-refractivity contribution in [1.82, 2.24) is 14.8 Å². The van der Waals surface area contributed by atoms with Gasteiger partial charge in [-0.15, -0.1) is 0 Å². The molecule has 2 aromatic heterocycles. The van der Waals surface area contributed by atoms with Crippen LogP contribution in [0.15, 0.2) is 46.7 Å². The van der Waals surface area contributed by atoms with Crippen LogP contribution in [0, 0.1) is 6.92 Å². The van der Waals surface area contributed by atoms with Crippen molar-refractivity contribution in [2.45, 2.75) is 19.9 Å². The number of H-pyrrole nitrogens is 1. The molecule has 2 N–H and O–H groups in total. The lowest BCUT2D eigenvalue weighted by atomic mass is 10.1. The van der Waals surface area contributed by atoms with E-state index in [-0.39, 0.29) is 17.2 Å². The molecule has 0 spiro atoms. The minimum Gasteiger partial charge on any atom is -0.326 e. The number of nitrogens with zero attached hydrogens (tertiary/aromatic N) is 2. The minimum atomic E-state index is -0.121. The van der Waals surface area contributed by atoms with Crippen LogP contribution in [0.3, 0.4) is 0 Å². The number of carbonyl (C=O) groups excluding carboxylic acids is 1. The lowest BCUT2D eigenvalue weighted by Gasteiger charge is -2.08. The molecule has 0 fully saturated rings. The van der Waals surface area contributed by atoms with Gasteiger partial charge in [0.05, 0.1) is 5.69 Å². The second-order valence-electron chi connectivity index (χ2n) is 5.14.